The fraction of sp³-hybridized carbons (Fsp3) is 0.262. The topological polar surface area (TPSA) is 141 Å². The van der Waals surface area contributed by atoms with Gasteiger partial charge >= 0.3 is 5.69 Å². The van der Waals surface area contributed by atoms with Gasteiger partial charge in [0.25, 0.3) is 5.91 Å². The number of carbonyl (C=O) groups excluding carboxylic acids is 3. The molecule has 1 saturated heterocycles. The number of ether oxygens (including phenoxy) is 1. The average Bonchev–Trinajstić information content (AvgIpc) is 3.69. The van der Waals surface area contributed by atoms with Crippen LogP contribution < -0.4 is 26.0 Å². The first-order chi connectivity index (χ1) is 26.5. The van der Waals surface area contributed by atoms with Crippen molar-refractivity contribution in [1.82, 2.24) is 24.8 Å². The SMILES string of the molecule is CC(C)c1cc(N2CCOc3cc(-c4ccc(C(=O)NCC#Cc5ccc6occ(C7CCC(=O)NC7=O)c6c5)nc4)c(Cl)cc32)cc2c1n(C)c(=O)n2C. The van der Waals surface area contributed by atoms with Gasteiger partial charge in [-0.25, -0.2) is 4.79 Å². The molecule has 0 saturated carbocycles. The van der Waals surface area contributed by atoms with Crippen molar-refractivity contribution >= 4 is 62.7 Å². The number of benzene rings is 3. The van der Waals surface area contributed by atoms with Crippen LogP contribution in [-0.2, 0) is 23.7 Å². The van der Waals surface area contributed by atoms with Crippen LogP contribution in [0.5, 0.6) is 5.75 Å². The van der Waals surface area contributed by atoms with E-state index in [1.54, 1.807) is 60.0 Å². The lowest BCUT2D eigenvalue weighted by molar-refractivity contribution is -0.134. The van der Waals surface area contributed by atoms with E-state index in [-0.39, 0.29) is 48.0 Å². The molecule has 0 bridgehead atoms. The highest BCUT2D eigenvalue weighted by Crippen LogP contribution is 2.44. The minimum atomic E-state index is -0.471. The minimum Gasteiger partial charge on any atom is -0.490 e. The summed E-state index contributed by atoms with van der Waals surface area (Å²) in [6.45, 7) is 5.39. The Balaban J connectivity index is 0.965. The van der Waals surface area contributed by atoms with Gasteiger partial charge < -0.3 is 19.4 Å². The number of anilines is 2. The number of aryl methyl sites for hydroxylation is 2. The van der Waals surface area contributed by atoms with Gasteiger partial charge in [0, 0.05) is 60.0 Å². The highest BCUT2D eigenvalue weighted by molar-refractivity contribution is 6.33. The number of furan rings is 1. The van der Waals surface area contributed by atoms with Gasteiger partial charge in [0.2, 0.25) is 11.8 Å². The van der Waals surface area contributed by atoms with Gasteiger partial charge in [-0.1, -0.05) is 43.4 Å². The van der Waals surface area contributed by atoms with E-state index in [0.717, 1.165) is 38.9 Å². The standard InChI is InChI=1S/C42H37ClN6O6/c1-23(2)28-17-26(18-35-39(28)48(4)42(53)47(35)3)49-14-15-54-37-19-29(32(43)20-34(37)49)25-8-10-33(45-21-25)41(52)44-13-5-6-24-7-11-36-30(16-24)31(22-55-36)27-9-12-38(50)46-40(27)51/h7-8,10-11,16-23,27H,9,12-15H2,1-4H3,(H,44,52)(H,46,50,51). The maximum atomic E-state index is 12.9. The summed E-state index contributed by atoms with van der Waals surface area (Å²) in [5.74, 6) is 5.42. The minimum absolute atomic E-state index is 0.0701. The molecular weight excluding hydrogens is 720 g/mol. The summed E-state index contributed by atoms with van der Waals surface area (Å²) in [4.78, 5) is 56.4. The molecule has 55 heavy (non-hydrogen) atoms. The molecular formula is C42H37ClN6O6. The van der Waals surface area contributed by atoms with E-state index in [1.165, 1.54) is 0 Å². The average molecular weight is 757 g/mol. The molecule has 1 fully saturated rings. The van der Waals surface area contributed by atoms with E-state index in [0.29, 0.717) is 52.6 Å². The first-order valence-corrected chi connectivity index (χ1v) is 18.4. The van der Waals surface area contributed by atoms with E-state index in [4.69, 9.17) is 20.8 Å². The highest BCUT2D eigenvalue weighted by Gasteiger charge is 2.30. The number of rotatable bonds is 6. The van der Waals surface area contributed by atoms with Crippen molar-refractivity contribution in [3.63, 3.8) is 0 Å². The molecule has 3 amide bonds. The first kappa shape index (κ1) is 35.7. The molecule has 3 aromatic heterocycles. The van der Waals surface area contributed by atoms with E-state index in [1.807, 2.05) is 24.3 Å². The third-order valence-electron chi connectivity index (χ3n) is 10.3. The Morgan fingerprint density at radius 1 is 1.07 bits per heavy atom. The Morgan fingerprint density at radius 2 is 1.91 bits per heavy atom. The van der Waals surface area contributed by atoms with Crippen molar-refractivity contribution in [3.8, 4) is 28.7 Å². The predicted molar refractivity (Wildman–Crippen MR) is 210 cm³/mol. The van der Waals surface area contributed by atoms with Gasteiger partial charge in [0.15, 0.2) is 0 Å². The number of nitrogens with zero attached hydrogens (tertiary/aromatic N) is 4. The molecule has 13 heteroatoms. The first-order valence-electron chi connectivity index (χ1n) is 18.0. The summed E-state index contributed by atoms with van der Waals surface area (Å²) in [5, 5.41) is 6.44. The number of hydrogen-bond donors (Lipinski definition) is 2. The third-order valence-corrected chi connectivity index (χ3v) is 10.6. The summed E-state index contributed by atoms with van der Waals surface area (Å²) in [5.41, 5.74) is 8.26. The van der Waals surface area contributed by atoms with Crippen molar-refractivity contribution in [2.45, 2.75) is 38.5 Å². The molecule has 2 N–H and O–H groups in total. The van der Waals surface area contributed by atoms with Gasteiger partial charge in [0.1, 0.15) is 23.6 Å². The summed E-state index contributed by atoms with van der Waals surface area (Å²) in [6, 6.07) is 16.8. The zero-order valence-electron chi connectivity index (χ0n) is 30.7. The van der Waals surface area contributed by atoms with Crippen LogP contribution in [0.3, 0.4) is 0 Å². The number of fused-ring (bicyclic) bond motifs is 3. The zero-order chi connectivity index (χ0) is 38.5. The molecule has 6 aromatic rings. The summed E-state index contributed by atoms with van der Waals surface area (Å²) < 4.78 is 15.2. The van der Waals surface area contributed by atoms with Crippen molar-refractivity contribution in [1.29, 1.82) is 0 Å². The van der Waals surface area contributed by atoms with Crippen LogP contribution in [0.2, 0.25) is 5.02 Å². The Bertz CT molecular complexity index is 2680. The molecule has 12 nitrogen and oxygen atoms in total. The molecule has 0 spiro atoms. The maximum absolute atomic E-state index is 12.9. The van der Waals surface area contributed by atoms with Crippen molar-refractivity contribution in [2.24, 2.45) is 14.1 Å². The normalized spacial score (nSPS) is 15.5. The second-order valence-corrected chi connectivity index (χ2v) is 14.5. The molecule has 278 valence electrons. The van der Waals surface area contributed by atoms with Gasteiger partial charge in [-0.2, -0.15) is 0 Å². The van der Waals surface area contributed by atoms with E-state index in [9.17, 15) is 19.2 Å². The van der Waals surface area contributed by atoms with Crippen LogP contribution in [0.25, 0.3) is 33.1 Å². The maximum Gasteiger partial charge on any atom is 0.328 e. The largest absolute Gasteiger partial charge is 0.490 e. The molecule has 2 aliphatic heterocycles. The predicted octanol–water partition coefficient (Wildman–Crippen LogP) is 6.29. The molecule has 0 aliphatic carbocycles. The number of nitrogens with one attached hydrogen (secondary N) is 2. The Morgan fingerprint density at radius 3 is 2.67 bits per heavy atom. The van der Waals surface area contributed by atoms with Crippen molar-refractivity contribution < 1.29 is 23.5 Å². The molecule has 1 unspecified atom stereocenters. The van der Waals surface area contributed by atoms with Crippen LogP contribution in [-0.4, -0.2) is 51.5 Å². The number of halogens is 1. The molecule has 1 atom stereocenters. The number of pyridine rings is 1. The number of imide groups is 1. The third kappa shape index (κ3) is 6.50. The number of imidazole rings is 1. The number of piperidine rings is 1. The number of amides is 3. The highest BCUT2D eigenvalue weighted by atomic mass is 35.5. The van der Waals surface area contributed by atoms with Gasteiger partial charge in [0.05, 0.1) is 47.0 Å². The van der Waals surface area contributed by atoms with Gasteiger partial charge in [-0.15, -0.1) is 0 Å². The summed E-state index contributed by atoms with van der Waals surface area (Å²) >= 11 is 6.91. The Kier molecular flexibility index (Phi) is 9.19. The zero-order valence-corrected chi connectivity index (χ0v) is 31.4. The van der Waals surface area contributed by atoms with Crippen molar-refractivity contribution in [2.75, 3.05) is 24.6 Å². The number of hydrogen-bond acceptors (Lipinski definition) is 8. The molecule has 5 heterocycles. The number of aromatic nitrogens is 3. The van der Waals surface area contributed by atoms with Crippen LogP contribution in [0.15, 0.2) is 76.3 Å². The van der Waals surface area contributed by atoms with Crippen LogP contribution in [0, 0.1) is 11.8 Å². The molecule has 2 aliphatic rings. The smallest absolute Gasteiger partial charge is 0.328 e. The Hall–Kier alpha value is -6.32. The van der Waals surface area contributed by atoms with Gasteiger partial charge in [-0.3, -0.25) is 33.8 Å². The van der Waals surface area contributed by atoms with Crippen LogP contribution in [0.1, 0.15) is 65.7 Å². The van der Waals surface area contributed by atoms with E-state index >= 15 is 0 Å². The second-order valence-electron chi connectivity index (χ2n) is 14.1. The lowest BCUT2D eigenvalue weighted by atomic mass is 9.90. The second kappa shape index (κ2) is 14.2. The van der Waals surface area contributed by atoms with E-state index < -0.39 is 5.92 Å². The molecule has 8 rings (SSSR count). The molecule has 0 radical (unpaired) electrons. The number of carbonyl (C=O) groups is 3. The van der Waals surface area contributed by atoms with Crippen LogP contribution >= 0.6 is 11.6 Å². The quantitative estimate of drug-likeness (QED) is 0.149. The summed E-state index contributed by atoms with van der Waals surface area (Å²) in [6.07, 6.45) is 3.85. The fourth-order valence-electron chi connectivity index (χ4n) is 7.43. The summed E-state index contributed by atoms with van der Waals surface area (Å²) in [7, 11) is 3.60. The fourth-order valence-corrected chi connectivity index (χ4v) is 7.70. The Labute approximate surface area is 321 Å². The van der Waals surface area contributed by atoms with Crippen LogP contribution in [0.4, 0.5) is 11.4 Å². The molecule has 3 aromatic carbocycles. The lowest BCUT2D eigenvalue weighted by Gasteiger charge is -2.32. The van der Waals surface area contributed by atoms with Gasteiger partial charge in [-0.05, 0) is 66.4 Å². The van der Waals surface area contributed by atoms with Crippen molar-refractivity contribution in [3.05, 3.63) is 105 Å². The monoisotopic (exact) mass is 756 g/mol. The van der Waals surface area contributed by atoms with E-state index in [2.05, 4.69) is 52.3 Å². The lowest BCUT2D eigenvalue weighted by Crippen LogP contribution is -2.39.